The fourth-order valence-electron chi connectivity index (χ4n) is 3.46. The highest BCUT2D eigenvalue weighted by Gasteiger charge is 2.29. The van der Waals surface area contributed by atoms with Crippen LogP contribution in [0.3, 0.4) is 0 Å². The monoisotopic (exact) mass is 291 g/mol. The van der Waals surface area contributed by atoms with E-state index in [-0.39, 0.29) is 17.9 Å². The second-order valence-corrected chi connectivity index (χ2v) is 6.37. The third-order valence-electron chi connectivity index (χ3n) is 4.85. The largest absolute Gasteiger partial charge is 0.393 e. The molecule has 1 aromatic rings. The molecule has 1 aromatic heterocycles. The number of carbonyl (C=O) groups excluding carboxylic acids is 1. The summed E-state index contributed by atoms with van der Waals surface area (Å²) in [6, 6.07) is 4.32. The van der Waals surface area contributed by atoms with Crippen molar-refractivity contribution in [2.45, 2.75) is 38.3 Å². The van der Waals surface area contributed by atoms with E-state index in [1.54, 1.807) is 0 Å². The maximum absolute atomic E-state index is 12.8. The Labute approximate surface area is 125 Å². The van der Waals surface area contributed by atoms with Crippen LogP contribution in [0.2, 0.25) is 0 Å². The Kier molecular flexibility index (Phi) is 4.31. The van der Waals surface area contributed by atoms with Crippen molar-refractivity contribution in [3.8, 4) is 0 Å². The van der Waals surface area contributed by atoms with E-state index < -0.39 is 0 Å². The second-order valence-electron chi connectivity index (χ2n) is 6.37. The molecule has 3 rings (SSSR count). The number of hydrogen-bond acceptors (Lipinski definition) is 3. The van der Waals surface area contributed by atoms with Crippen LogP contribution >= 0.6 is 0 Å². The summed E-state index contributed by atoms with van der Waals surface area (Å²) in [5.74, 6) is 0.266. The summed E-state index contributed by atoms with van der Waals surface area (Å²) in [5.41, 5.74) is 0.797. The number of rotatable bonds is 2. The third kappa shape index (κ3) is 2.99. The molecule has 5 heteroatoms. The summed E-state index contributed by atoms with van der Waals surface area (Å²) in [7, 11) is 0. The third-order valence-corrected chi connectivity index (χ3v) is 4.85. The van der Waals surface area contributed by atoms with Crippen molar-refractivity contribution in [2.24, 2.45) is 5.92 Å². The number of aliphatic hydroxyl groups excluding tert-OH is 1. The molecule has 5 nitrogen and oxygen atoms in total. The molecule has 2 aliphatic heterocycles. The van der Waals surface area contributed by atoms with Gasteiger partial charge in [0.05, 0.1) is 6.10 Å². The van der Waals surface area contributed by atoms with Gasteiger partial charge in [-0.05, 0) is 50.4 Å². The van der Waals surface area contributed by atoms with Crippen LogP contribution in [0.25, 0.3) is 0 Å². The second kappa shape index (κ2) is 6.20. The van der Waals surface area contributed by atoms with Gasteiger partial charge in [0.25, 0.3) is 5.91 Å². The number of aromatic nitrogens is 1. The van der Waals surface area contributed by atoms with Crippen LogP contribution in [0.1, 0.15) is 42.7 Å². The lowest BCUT2D eigenvalue weighted by Crippen LogP contribution is -2.45. The molecule has 2 unspecified atom stereocenters. The molecule has 1 amide bonds. The number of amides is 1. The molecular weight excluding hydrogens is 266 g/mol. The summed E-state index contributed by atoms with van der Waals surface area (Å²) < 4.78 is 2.15. The number of piperidine rings is 2. The minimum atomic E-state index is -0.273. The quantitative estimate of drug-likeness (QED) is 0.862. The highest BCUT2D eigenvalue weighted by molar-refractivity contribution is 5.93. The summed E-state index contributed by atoms with van der Waals surface area (Å²) in [6.07, 6.45) is 4.59. The predicted octanol–water partition coefficient (Wildman–Crippen LogP) is 1.26. The van der Waals surface area contributed by atoms with E-state index in [2.05, 4.69) is 9.88 Å². The highest BCUT2D eigenvalue weighted by atomic mass is 16.3. The molecule has 116 valence electrons. The lowest BCUT2D eigenvalue weighted by atomic mass is 9.96. The molecule has 0 spiro atoms. The van der Waals surface area contributed by atoms with Crippen molar-refractivity contribution in [2.75, 3.05) is 26.2 Å². The van der Waals surface area contributed by atoms with Gasteiger partial charge in [-0.2, -0.15) is 0 Å². The van der Waals surface area contributed by atoms with Gasteiger partial charge in [-0.25, -0.2) is 0 Å². The molecule has 0 aliphatic carbocycles. The van der Waals surface area contributed by atoms with E-state index in [1.807, 2.05) is 30.2 Å². The van der Waals surface area contributed by atoms with Crippen LogP contribution in [0.15, 0.2) is 18.3 Å². The lowest BCUT2D eigenvalue weighted by molar-refractivity contribution is 0.0289. The van der Waals surface area contributed by atoms with Gasteiger partial charge in [0.15, 0.2) is 0 Å². The first-order chi connectivity index (χ1) is 10.2. The minimum Gasteiger partial charge on any atom is -0.393 e. The van der Waals surface area contributed by atoms with E-state index in [0.29, 0.717) is 25.6 Å². The molecule has 2 saturated heterocycles. The zero-order chi connectivity index (χ0) is 14.8. The number of nitrogens with one attached hydrogen (secondary N) is 1. The molecule has 0 radical (unpaired) electrons. The molecule has 0 aromatic carbocycles. The van der Waals surface area contributed by atoms with Gasteiger partial charge in [-0.15, -0.1) is 0 Å². The maximum Gasteiger partial charge on any atom is 0.270 e. The number of likely N-dealkylation sites (tertiary alicyclic amines) is 1. The van der Waals surface area contributed by atoms with Crippen LogP contribution in [-0.2, 0) is 0 Å². The summed E-state index contributed by atoms with van der Waals surface area (Å²) in [6.45, 7) is 5.35. The zero-order valence-electron chi connectivity index (χ0n) is 12.7. The van der Waals surface area contributed by atoms with Crippen molar-refractivity contribution in [3.63, 3.8) is 0 Å². The molecule has 0 saturated carbocycles. The lowest BCUT2D eigenvalue weighted by Gasteiger charge is -2.35. The predicted molar refractivity (Wildman–Crippen MR) is 81.3 cm³/mol. The van der Waals surface area contributed by atoms with Crippen molar-refractivity contribution in [1.29, 1.82) is 0 Å². The van der Waals surface area contributed by atoms with Gasteiger partial charge in [-0.1, -0.05) is 6.92 Å². The van der Waals surface area contributed by atoms with E-state index in [4.69, 9.17) is 0 Å². The first kappa shape index (κ1) is 14.6. The van der Waals surface area contributed by atoms with E-state index in [0.717, 1.165) is 31.6 Å². The summed E-state index contributed by atoms with van der Waals surface area (Å²) in [5, 5.41) is 13.2. The van der Waals surface area contributed by atoms with Crippen molar-refractivity contribution < 1.29 is 9.90 Å². The fraction of sp³-hybridized carbons (Fsp3) is 0.688. The van der Waals surface area contributed by atoms with E-state index >= 15 is 0 Å². The van der Waals surface area contributed by atoms with Gasteiger partial charge in [0.2, 0.25) is 0 Å². The van der Waals surface area contributed by atoms with Crippen LogP contribution in [0.5, 0.6) is 0 Å². The summed E-state index contributed by atoms with van der Waals surface area (Å²) in [4.78, 5) is 14.7. The van der Waals surface area contributed by atoms with Crippen LogP contribution in [0.4, 0.5) is 0 Å². The van der Waals surface area contributed by atoms with E-state index in [9.17, 15) is 9.90 Å². The minimum absolute atomic E-state index is 0.109. The SMILES string of the molecule is CC1CN(C(=O)c2cccn2C2CCNCC2)CCC1O. The first-order valence-corrected chi connectivity index (χ1v) is 8.01. The fourth-order valence-corrected chi connectivity index (χ4v) is 3.46. The number of carbonyl (C=O) groups is 1. The average Bonchev–Trinajstić information content (AvgIpc) is 2.99. The topological polar surface area (TPSA) is 57.5 Å². The van der Waals surface area contributed by atoms with Crippen molar-refractivity contribution >= 4 is 5.91 Å². The summed E-state index contributed by atoms with van der Waals surface area (Å²) >= 11 is 0. The van der Waals surface area contributed by atoms with Crippen LogP contribution < -0.4 is 5.32 Å². The Morgan fingerprint density at radius 3 is 2.81 bits per heavy atom. The Bertz CT molecular complexity index is 493. The Hall–Kier alpha value is -1.33. The number of hydrogen-bond donors (Lipinski definition) is 2. The van der Waals surface area contributed by atoms with Gasteiger partial charge in [0.1, 0.15) is 5.69 Å². The molecular formula is C16H25N3O2. The van der Waals surface area contributed by atoms with Gasteiger partial charge in [-0.3, -0.25) is 4.79 Å². The normalized spacial score (nSPS) is 27.8. The Balaban J connectivity index is 1.74. The highest BCUT2D eigenvalue weighted by Crippen LogP contribution is 2.24. The Morgan fingerprint density at radius 2 is 2.10 bits per heavy atom. The molecule has 2 atom stereocenters. The molecule has 2 aliphatic rings. The molecule has 3 heterocycles. The van der Waals surface area contributed by atoms with Crippen LogP contribution in [0, 0.1) is 5.92 Å². The maximum atomic E-state index is 12.8. The first-order valence-electron chi connectivity index (χ1n) is 8.01. The molecule has 2 N–H and O–H groups in total. The molecule has 0 bridgehead atoms. The number of nitrogens with zero attached hydrogens (tertiary/aromatic N) is 2. The van der Waals surface area contributed by atoms with Crippen LogP contribution in [-0.4, -0.2) is 52.8 Å². The van der Waals surface area contributed by atoms with Crippen molar-refractivity contribution in [3.05, 3.63) is 24.0 Å². The average molecular weight is 291 g/mol. The Morgan fingerprint density at radius 1 is 1.33 bits per heavy atom. The molecule has 21 heavy (non-hydrogen) atoms. The van der Waals surface area contributed by atoms with Gasteiger partial charge < -0.3 is 19.9 Å². The number of aliphatic hydroxyl groups is 1. The van der Waals surface area contributed by atoms with Gasteiger partial charge >= 0.3 is 0 Å². The standard InChI is InChI=1S/C16H25N3O2/c1-12-11-18(10-6-15(12)20)16(21)14-3-2-9-19(14)13-4-7-17-8-5-13/h2-3,9,12-13,15,17,20H,4-8,10-11H2,1H3. The van der Waals surface area contributed by atoms with E-state index in [1.165, 1.54) is 0 Å². The smallest absolute Gasteiger partial charge is 0.270 e. The zero-order valence-corrected chi connectivity index (χ0v) is 12.7. The molecule has 2 fully saturated rings. The van der Waals surface area contributed by atoms with Crippen molar-refractivity contribution in [1.82, 2.24) is 14.8 Å². The van der Waals surface area contributed by atoms with Gasteiger partial charge in [0, 0.05) is 25.3 Å².